The van der Waals surface area contributed by atoms with Gasteiger partial charge in [-0.3, -0.25) is 5.21 Å². The van der Waals surface area contributed by atoms with Crippen molar-refractivity contribution in [3.63, 3.8) is 0 Å². The molecule has 3 heteroatoms. The Hall–Kier alpha value is -2.13. The first kappa shape index (κ1) is 10.4. The van der Waals surface area contributed by atoms with Crippen LogP contribution in [0.1, 0.15) is 0 Å². The first-order chi connectivity index (χ1) is 7.74. The molecule has 0 aromatic rings. The Bertz CT molecular complexity index is 442. The Kier molecular flexibility index (Phi) is 2.98. The molecule has 0 saturated carbocycles. The Morgan fingerprint density at radius 2 is 1.38 bits per heavy atom. The maximum absolute atomic E-state index is 9.04. The van der Waals surface area contributed by atoms with Crippen LogP contribution in [0, 0.1) is 5.41 Å². The van der Waals surface area contributed by atoms with Crippen LogP contribution in [0.15, 0.2) is 72.2 Å². The summed E-state index contributed by atoms with van der Waals surface area (Å²) in [6.45, 7) is 0. The van der Waals surface area contributed by atoms with Crippen molar-refractivity contribution in [1.29, 1.82) is 5.41 Å². The summed E-state index contributed by atoms with van der Waals surface area (Å²) in [5.74, 6) is 0. The van der Waals surface area contributed by atoms with E-state index < -0.39 is 0 Å². The van der Waals surface area contributed by atoms with Crippen LogP contribution in [-0.4, -0.2) is 16.0 Å². The summed E-state index contributed by atoms with van der Waals surface area (Å²) in [5, 5.41) is 17.4. The van der Waals surface area contributed by atoms with E-state index in [2.05, 4.69) is 0 Å². The molecule has 0 aromatic heterocycles. The lowest BCUT2D eigenvalue weighted by Crippen LogP contribution is -2.03. The zero-order valence-corrected chi connectivity index (χ0v) is 8.67. The lowest BCUT2D eigenvalue weighted by molar-refractivity contribution is 0.0105. The van der Waals surface area contributed by atoms with Crippen molar-refractivity contribution in [2.75, 3.05) is 0 Å². The molecule has 2 aliphatic rings. The number of nitrogens with zero attached hydrogens (tertiary/aromatic N) is 1. The topological polar surface area (TPSA) is 47.3 Å². The highest BCUT2D eigenvalue weighted by atomic mass is 16.5. The fraction of sp³-hybridized carbons (Fsp3) is 0. The standard InChI is InChI=1S/C13H12N2O/c14-13-5-3-11(4-6-13)1-2-12-7-9-15(16)10-8-12/h1-10,14,16H. The van der Waals surface area contributed by atoms with Crippen molar-refractivity contribution >= 4 is 5.71 Å². The quantitative estimate of drug-likeness (QED) is 0.702. The second-order valence-electron chi connectivity index (χ2n) is 3.47. The number of allylic oxidation sites excluding steroid dienone is 10. The summed E-state index contributed by atoms with van der Waals surface area (Å²) >= 11 is 0. The molecule has 0 fully saturated rings. The molecule has 2 rings (SSSR count). The SMILES string of the molecule is N=C1C=CC(=CC=C2C=CN(O)C=C2)C=C1. The molecule has 0 aromatic carbocycles. The first-order valence-corrected chi connectivity index (χ1v) is 4.94. The highest BCUT2D eigenvalue weighted by molar-refractivity contribution is 6.03. The van der Waals surface area contributed by atoms with Crippen molar-refractivity contribution in [3.8, 4) is 0 Å². The molecule has 80 valence electrons. The Labute approximate surface area is 94.2 Å². The van der Waals surface area contributed by atoms with Crippen LogP contribution in [0.25, 0.3) is 0 Å². The third-order valence-corrected chi connectivity index (χ3v) is 2.22. The van der Waals surface area contributed by atoms with E-state index in [1.807, 2.05) is 36.5 Å². The molecule has 16 heavy (non-hydrogen) atoms. The van der Waals surface area contributed by atoms with Gasteiger partial charge in [-0.2, -0.15) is 0 Å². The van der Waals surface area contributed by atoms with Gasteiger partial charge >= 0.3 is 0 Å². The predicted octanol–water partition coefficient (Wildman–Crippen LogP) is 2.72. The van der Waals surface area contributed by atoms with Crippen LogP contribution < -0.4 is 0 Å². The molecular formula is C13H12N2O. The molecule has 0 unspecified atom stereocenters. The van der Waals surface area contributed by atoms with Crippen LogP contribution in [-0.2, 0) is 0 Å². The van der Waals surface area contributed by atoms with Gasteiger partial charge < -0.3 is 5.41 Å². The van der Waals surface area contributed by atoms with E-state index in [0.717, 1.165) is 16.2 Å². The Morgan fingerprint density at radius 1 is 0.875 bits per heavy atom. The van der Waals surface area contributed by atoms with Crippen molar-refractivity contribution in [1.82, 2.24) is 5.06 Å². The summed E-state index contributed by atoms with van der Waals surface area (Å²) in [5.41, 5.74) is 2.58. The van der Waals surface area contributed by atoms with Gasteiger partial charge in [0.1, 0.15) is 0 Å². The largest absolute Gasteiger partial charge is 0.301 e. The Morgan fingerprint density at radius 3 is 1.94 bits per heavy atom. The molecule has 3 nitrogen and oxygen atoms in total. The average molecular weight is 212 g/mol. The normalized spacial score (nSPS) is 18.3. The van der Waals surface area contributed by atoms with E-state index in [9.17, 15) is 0 Å². The molecule has 0 amide bonds. The fourth-order valence-corrected chi connectivity index (χ4v) is 1.33. The van der Waals surface area contributed by atoms with E-state index in [1.165, 1.54) is 0 Å². The van der Waals surface area contributed by atoms with Gasteiger partial charge in [0.25, 0.3) is 0 Å². The molecular weight excluding hydrogens is 200 g/mol. The third-order valence-electron chi connectivity index (χ3n) is 2.22. The molecule has 2 N–H and O–H groups in total. The van der Waals surface area contributed by atoms with Crippen LogP contribution in [0.4, 0.5) is 0 Å². The highest BCUT2D eigenvalue weighted by Crippen LogP contribution is 2.11. The average Bonchev–Trinajstić information content (AvgIpc) is 2.30. The number of hydroxylamine groups is 2. The molecule has 1 heterocycles. The maximum atomic E-state index is 9.04. The first-order valence-electron chi connectivity index (χ1n) is 4.94. The fourth-order valence-electron chi connectivity index (χ4n) is 1.33. The third kappa shape index (κ3) is 2.68. The number of nitrogens with one attached hydrogen (secondary N) is 1. The molecule has 1 aliphatic heterocycles. The number of rotatable bonds is 1. The van der Waals surface area contributed by atoms with Gasteiger partial charge in [-0.05, 0) is 35.5 Å². The van der Waals surface area contributed by atoms with E-state index in [0.29, 0.717) is 5.71 Å². The summed E-state index contributed by atoms with van der Waals surface area (Å²) in [6.07, 6.45) is 18.0. The van der Waals surface area contributed by atoms with Gasteiger partial charge in [0.05, 0.1) is 5.71 Å². The van der Waals surface area contributed by atoms with Crippen LogP contribution in [0.2, 0.25) is 0 Å². The van der Waals surface area contributed by atoms with Gasteiger partial charge in [-0.15, -0.1) is 0 Å². The van der Waals surface area contributed by atoms with E-state index >= 15 is 0 Å². The zero-order valence-electron chi connectivity index (χ0n) is 8.67. The van der Waals surface area contributed by atoms with Gasteiger partial charge in [0.15, 0.2) is 0 Å². The van der Waals surface area contributed by atoms with E-state index in [-0.39, 0.29) is 0 Å². The van der Waals surface area contributed by atoms with E-state index in [1.54, 1.807) is 24.6 Å². The van der Waals surface area contributed by atoms with Crippen LogP contribution in [0.5, 0.6) is 0 Å². The summed E-state index contributed by atoms with van der Waals surface area (Å²) in [4.78, 5) is 0. The predicted molar refractivity (Wildman–Crippen MR) is 64.1 cm³/mol. The van der Waals surface area contributed by atoms with Crippen molar-refractivity contribution < 1.29 is 5.21 Å². The maximum Gasteiger partial charge on any atom is 0.0540 e. The van der Waals surface area contributed by atoms with Gasteiger partial charge in [-0.1, -0.05) is 24.3 Å². The summed E-state index contributed by atoms with van der Waals surface area (Å²) in [6, 6.07) is 0. The summed E-state index contributed by atoms with van der Waals surface area (Å²) < 4.78 is 0. The minimum Gasteiger partial charge on any atom is -0.301 e. The molecule has 0 atom stereocenters. The molecule has 0 radical (unpaired) electrons. The van der Waals surface area contributed by atoms with Crippen LogP contribution >= 0.6 is 0 Å². The summed E-state index contributed by atoms with van der Waals surface area (Å²) in [7, 11) is 0. The lowest BCUT2D eigenvalue weighted by atomic mass is 10.1. The highest BCUT2D eigenvalue weighted by Gasteiger charge is 1.96. The van der Waals surface area contributed by atoms with Gasteiger partial charge in [-0.25, -0.2) is 5.06 Å². The minimum atomic E-state index is 0.512. The van der Waals surface area contributed by atoms with Crippen molar-refractivity contribution in [3.05, 3.63) is 72.2 Å². The van der Waals surface area contributed by atoms with Gasteiger partial charge in [0.2, 0.25) is 0 Å². The smallest absolute Gasteiger partial charge is 0.0540 e. The van der Waals surface area contributed by atoms with E-state index in [4.69, 9.17) is 10.6 Å². The second kappa shape index (κ2) is 4.59. The zero-order chi connectivity index (χ0) is 11.4. The van der Waals surface area contributed by atoms with Crippen molar-refractivity contribution in [2.45, 2.75) is 0 Å². The second-order valence-corrected chi connectivity index (χ2v) is 3.47. The lowest BCUT2D eigenvalue weighted by Gasteiger charge is -2.09. The molecule has 0 saturated heterocycles. The number of hydrogen-bond donors (Lipinski definition) is 2. The monoisotopic (exact) mass is 212 g/mol. The molecule has 0 spiro atoms. The minimum absolute atomic E-state index is 0.512. The Balaban J connectivity index is 2.09. The van der Waals surface area contributed by atoms with Crippen LogP contribution in [0.3, 0.4) is 0 Å². The molecule has 0 bridgehead atoms. The van der Waals surface area contributed by atoms with Crippen molar-refractivity contribution in [2.24, 2.45) is 0 Å². The molecule has 1 aliphatic carbocycles. The van der Waals surface area contributed by atoms with Gasteiger partial charge in [0, 0.05) is 12.4 Å². The number of hydrogen-bond acceptors (Lipinski definition) is 3.